The van der Waals surface area contributed by atoms with Crippen LogP contribution in [0.3, 0.4) is 0 Å². The summed E-state index contributed by atoms with van der Waals surface area (Å²) < 4.78 is 0. The van der Waals surface area contributed by atoms with Gasteiger partial charge in [-0.05, 0) is 12.8 Å². The van der Waals surface area contributed by atoms with Gasteiger partial charge in [0.15, 0.2) is 5.96 Å². The first-order chi connectivity index (χ1) is 9.08. The topological polar surface area (TPSA) is 56.7 Å². The summed E-state index contributed by atoms with van der Waals surface area (Å²) in [6.07, 6.45) is 3.31. The van der Waals surface area contributed by atoms with Crippen LogP contribution in [0, 0.1) is 5.92 Å². The van der Waals surface area contributed by atoms with Crippen LogP contribution < -0.4 is 10.6 Å². The summed E-state index contributed by atoms with van der Waals surface area (Å²) in [7, 11) is 1.78. The molecule has 0 radical (unpaired) electrons. The number of likely N-dealkylation sites (tertiary alicyclic amines) is 1. The molecule has 0 aromatic carbocycles. The third-order valence-corrected chi connectivity index (χ3v) is 3.38. The Morgan fingerprint density at radius 1 is 1.47 bits per heavy atom. The van der Waals surface area contributed by atoms with E-state index in [9.17, 15) is 4.79 Å². The highest BCUT2D eigenvalue weighted by atomic mass is 16.2. The Kier molecular flexibility index (Phi) is 6.67. The van der Waals surface area contributed by atoms with Crippen molar-refractivity contribution >= 4 is 11.9 Å². The summed E-state index contributed by atoms with van der Waals surface area (Å²) in [5.41, 5.74) is 0. The summed E-state index contributed by atoms with van der Waals surface area (Å²) >= 11 is 0. The van der Waals surface area contributed by atoms with Crippen LogP contribution in [-0.4, -0.2) is 49.5 Å². The minimum absolute atomic E-state index is 0.0840. The van der Waals surface area contributed by atoms with Crippen LogP contribution in [0.15, 0.2) is 4.99 Å². The normalized spacial score (nSPS) is 19.9. The van der Waals surface area contributed by atoms with E-state index in [2.05, 4.69) is 22.5 Å². The monoisotopic (exact) mass is 268 g/mol. The third kappa shape index (κ3) is 5.09. The number of unbranched alkanes of at least 4 members (excludes halogenated alkanes) is 1. The average Bonchev–Trinajstić information content (AvgIpc) is 2.85. The lowest BCUT2D eigenvalue weighted by atomic mass is 10.2. The quantitative estimate of drug-likeness (QED) is 0.448. The molecule has 0 spiro atoms. The predicted molar refractivity (Wildman–Crippen MR) is 79.2 cm³/mol. The SMILES string of the molecule is CCCCNC(=NC)NC1CCN(C(=O)C(C)C)C1. The van der Waals surface area contributed by atoms with Crippen molar-refractivity contribution in [2.24, 2.45) is 10.9 Å². The molecular weight excluding hydrogens is 240 g/mol. The second-order valence-electron chi connectivity index (χ2n) is 5.42. The first-order valence-corrected chi connectivity index (χ1v) is 7.34. The van der Waals surface area contributed by atoms with Gasteiger partial charge in [0.2, 0.25) is 5.91 Å². The number of carbonyl (C=O) groups excluding carboxylic acids is 1. The molecule has 1 fully saturated rings. The first kappa shape index (κ1) is 15.8. The summed E-state index contributed by atoms with van der Waals surface area (Å²) in [6, 6.07) is 0.315. The molecule has 1 aliphatic rings. The Hall–Kier alpha value is -1.26. The molecular formula is C14H28N4O. The van der Waals surface area contributed by atoms with Crippen molar-refractivity contribution in [2.45, 2.75) is 46.1 Å². The lowest BCUT2D eigenvalue weighted by Crippen LogP contribution is -2.45. The van der Waals surface area contributed by atoms with Crippen molar-refractivity contribution in [3.63, 3.8) is 0 Å². The Labute approximate surface area is 116 Å². The molecule has 1 aliphatic heterocycles. The van der Waals surface area contributed by atoms with E-state index in [1.807, 2.05) is 18.7 Å². The van der Waals surface area contributed by atoms with E-state index in [4.69, 9.17) is 0 Å². The van der Waals surface area contributed by atoms with E-state index in [1.165, 1.54) is 6.42 Å². The molecule has 1 heterocycles. The summed E-state index contributed by atoms with van der Waals surface area (Å²) in [6.45, 7) is 8.65. The largest absolute Gasteiger partial charge is 0.356 e. The highest BCUT2D eigenvalue weighted by Gasteiger charge is 2.27. The van der Waals surface area contributed by atoms with E-state index in [0.29, 0.717) is 6.04 Å². The van der Waals surface area contributed by atoms with Gasteiger partial charge in [-0.15, -0.1) is 0 Å². The smallest absolute Gasteiger partial charge is 0.225 e. The summed E-state index contributed by atoms with van der Waals surface area (Å²) in [4.78, 5) is 18.1. The zero-order chi connectivity index (χ0) is 14.3. The molecule has 0 aliphatic carbocycles. The maximum absolute atomic E-state index is 11.9. The molecule has 0 aromatic rings. The van der Waals surface area contributed by atoms with Crippen LogP contribution in [0.2, 0.25) is 0 Å². The molecule has 0 bridgehead atoms. The van der Waals surface area contributed by atoms with E-state index in [-0.39, 0.29) is 11.8 Å². The van der Waals surface area contributed by atoms with Crippen molar-refractivity contribution in [3.05, 3.63) is 0 Å². The fourth-order valence-corrected chi connectivity index (χ4v) is 2.21. The van der Waals surface area contributed by atoms with Crippen molar-refractivity contribution in [1.29, 1.82) is 0 Å². The van der Waals surface area contributed by atoms with Crippen LogP contribution in [-0.2, 0) is 4.79 Å². The molecule has 5 nitrogen and oxygen atoms in total. The minimum Gasteiger partial charge on any atom is -0.356 e. The van der Waals surface area contributed by atoms with Gasteiger partial charge in [-0.25, -0.2) is 0 Å². The van der Waals surface area contributed by atoms with Gasteiger partial charge in [0.05, 0.1) is 0 Å². The third-order valence-electron chi connectivity index (χ3n) is 3.38. The van der Waals surface area contributed by atoms with Crippen molar-refractivity contribution < 1.29 is 4.79 Å². The minimum atomic E-state index is 0.0840. The maximum Gasteiger partial charge on any atom is 0.225 e. The average molecular weight is 268 g/mol. The Bertz CT molecular complexity index is 315. The zero-order valence-corrected chi connectivity index (χ0v) is 12.7. The lowest BCUT2D eigenvalue weighted by Gasteiger charge is -2.20. The van der Waals surface area contributed by atoms with Gasteiger partial charge in [-0.1, -0.05) is 27.2 Å². The number of carbonyl (C=O) groups is 1. The second kappa shape index (κ2) is 8.02. The highest BCUT2D eigenvalue weighted by Crippen LogP contribution is 2.12. The van der Waals surface area contributed by atoms with Gasteiger partial charge in [-0.2, -0.15) is 0 Å². The zero-order valence-electron chi connectivity index (χ0n) is 12.7. The predicted octanol–water partition coefficient (Wildman–Crippen LogP) is 1.21. The van der Waals surface area contributed by atoms with Gasteiger partial charge >= 0.3 is 0 Å². The van der Waals surface area contributed by atoms with Crippen LogP contribution in [0.25, 0.3) is 0 Å². The summed E-state index contributed by atoms with van der Waals surface area (Å²) in [5.74, 6) is 1.18. The van der Waals surface area contributed by atoms with Crippen molar-refractivity contribution in [2.75, 3.05) is 26.7 Å². The van der Waals surface area contributed by atoms with E-state index in [1.54, 1.807) is 7.05 Å². The molecule has 0 aromatic heterocycles. The Balaban J connectivity index is 2.36. The van der Waals surface area contributed by atoms with Crippen LogP contribution in [0.5, 0.6) is 0 Å². The Morgan fingerprint density at radius 3 is 2.79 bits per heavy atom. The fourth-order valence-electron chi connectivity index (χ4n) is 2.21. The number of rotatable bonds is 5. The standard InChI is InChI=1S/C14H28N4O/c1-5-6-8-16-14(15-4)17-12-7-9-18(10-12)13(19)11(2)3/h11-12H,5-10H2,1-4H3,(H2,15,16,17). The molecule has 0 saturated carbocycles. The molecule has 1 unspecified atom stereocenters. The van der Waals surface area contributed by atoms with Crippen molar-refractivity contribution in [1.82, 2.24) is 15.5 Å². The molecule has 1 rings (SSSR count). The number of hydrogen-bond acceptors (Lipinski definition) is 2. The number of nitrogens with zero attached hydrogens (tertiary/aromatic N) is 2. The second-order valence-corrected chi connectivity index (χ2v) is 5.42. The van der Waals surface area contributed by atoms with Gasteiger partial charge < -0.3 is 15.5 Å². The van der Waals surface area contributed by atoms with E-state index in [0.717, 1.165) is 38.4 Å². The number of hydrogen-bond donors (Lipinski definition) is 2. The number of amides is 1. The number of guanidine groups is 1. The van der Waals surface area contributed by atoms with Crippen LogP contribution in [0.1, 0.15) is 40.0 Å². The van der Waals surface area contributed by atoms with E-state index >= 15 is 0 Å². The van der Waals surface area contributed by atoms with Crippen LogP contribution >= 0.6 is 0 Å². The Morgan fingerprint density at radius 2 is 2.21 bits per heavy atom. The summed E-state index contributed by atoms with van der Waals surface area (Å²) in [5, 5.41) is 6.69. The number of aliphatic imine (C=N–C) groups is 1. The fraction of sp³-hybridized carbons (Fsp3) is 0.857. The van der Waals surface area contributed by atoms with Gasteiger partial charge in [0.1, 0.15) is 0 Å². The molecule has 1 amide bonds. The van der Waals surface area contributed by atoms with Crippen LogP contribution in [0.4, 0.5) is 0 Å². The molecule has 5 heteroatoms. The maximum atomic E-state index is 11.9. The highest BCUT2D eigenvalue weighted by molar-refractivity contribution is 5.81. The number of nitrogens with one attached hydrogen (secondary N) is 2. The van der Waals surface area contributed by atoms with Crippen molar-refractivity contribution in [3.8, 4) is 0 Å². The first-order valence-electron chi connectivity index (χ1n) is 7.34. The molecule has 1 atom stereocenters. The lowest BCUT2D eigenvalue weighted by molar-refractivity contribution is -0.133. The molecule has 19 heavy (non-hydrogen) atoms. The van der Waals surface area contributed by atoms with Gasteiger partial charge in [-0.3, -0.25) is 9.79 Å². The van der Waals surface area contributed by atoms with Gasteiger partial charge in [0, 0.05) is 38.6 Å². The molecule has 2 N–H and O–H groups in total. The molecule has 110 valence electrons. The molecule has 1 saturated heterocycles. The van der Waals surface area contributed by atoms with Gasteiger partial charge in [0.25, 0.3) is 0 Å². The van der Waals surface area contributed by atoms with E-state index < -0.39 is 0 Å².